The first-order valence-corrected chi connectivity index (χ1v) is 8.89. The highest BCUT2D eigenvalue weighted by Gasteiger charge is 2.21. The molecule has 4 rings (SSSR count). The molecular weight excluding hydrogens is 340 g/mol. The zero-order valence-electron chi connectivity index (χ0n) is 14.8. The molecule has 1 aromatic heterocycles. The number of rotatable bonds is 7. The van der Waals surface area contributed by atoms with Crippen LogP contribution >= 0.6 is 0 Å². The maximum atomic E-state index is 5.85. The Hall–Kier alpha value is -3.55. The van der Waals surface area contributed by atoms with Crippen molar-refractivity contribution in [3.05, 3.63) is 48.5 Å². The second-order valence-electron chi connectivity index (χ2n) is 6.63. The van der Waals surface area contributed by atoms with E-state index in [1.807, 2.05) is 48.5 Å². The first-order valence-electron chi connectivity index (χ1n) is 8.89. The summed E-state index contributed by atoms with van der Waals surface area (Å²) in [6.45, 7) is 0.861. The van der Waals surface area contributed by atoms with E-state index in [9.17, 15) is 0 Å². The van der Waals surface area contributed by atoms with Gasteiger partial charge in [-0.05, 0) is 55.2 Å². The lowest BCUT2D eigenvalue weighted by molar-refractivity contribution is 0.870. The number of nitrogens with zero attached hydrogens (tertiary/aromatic N) is 3. The summed E-state index contributed by atoms with van der Waals surface area (Å²) >= 11 is 0. The molecule has 2 aromatic carbocycles. The number of aromatic nitrogens is 3. The predicted molar refractivity (Wildman–Crippen MR) is 109 cm³/mol. The lowest BCUT2D eigenvalue weighted by Gasteiger charge is -2.12. The Morgan fingerprint density at radius 3 is 1.78 bits per heavy atom. The van der Waals surface area contributed by atoms with E-state index < -0.39 is 0 Å². The zero-order chi connectivity index (χ0) is 18.6. The Kier molecular flexibility index (Phi) is 4.61. The molecule has 138 valence electrons. The van der Waals surface area contributed by atoms with E-state index in [1.165, 1.54) is 12.8 Å². The average Bonchev–Trinajstić information content (AvgIpc) is 3.44. The van der Waals surface area contributed by atoms with Crippen molar-refractivity contribution >= 4 is 40.6 Å². The predicted octanol–water partition coefficient (Wildman–Crippen LogP) is 3.35. The van der Waals surface area contributed by atoms with Crippen LogP contribution in [-0.2, 0) is 0 Å². The molecule has 7 N–H and O–H groups in total. The van der Waals surface area contributed by atoms with Crippen LogP contribution < -0.4 is 27.4 Å². The van der Waals surface area contributed by atoms with Gasteiger partial charge in [-0.2, -0.15) is 15.0 Å². The fourth-order valence-corrected chi connectivity index (χ4v) is 2.62. The molecular formula is C19H22N8. The third-order valence-corrected chi connectivity index (χ3v) is 4.17. The van der Waals surface area contributed by atoms with Crippen LogP contribution in [0.4, 0.5) is 40.6 Å². The minimum absolute atomic E-state index is 0.431. The summed E-state index contributed by atoms with van der Waals surface area (Å²) in [6.07, 6.45) is 2.50. The van der Waals surface area contributed by atoms with Gasteiger partial charge >= 0.3 is 0 Å². The maximum absolute atomic E-state index is 5.85. The quantitative estimate of drug-likeness (QED) is 0.405. The number of nitrogens with two attached hydrogens (primary N) is 2. The highest BCUT2D eigenvalue weighted by molar-refractivity contribution is 5.63. The number of hydrogen-bond donors (Lipinski definition) is 5. The van der Waals surface area contributed by atoms with Crippen molar-refractivity contribution in [3.8, 4) is 0 Å². The van der Waals surface area contributed by atoms with E-state index in [0.717, 1.165) is 17.9 Å². The summed E-state index contributed by atoms with van der Waals surface area (Å²) in [7, 11) is 0. The third-order valence-electron chi connectivity index (χ3n) is 4.17. The standard InChI is InChI=1S/C19H22N8/c20-13-3-1-5-15(9-13)23-18-25-17(22-11-12-7-8-12)26-19(27-18)24-16-6-2-4-14(21)10-16/h1-6,9-10,12H,7-8,11,20-21H2,(H3,22,23,24,25,26,27). The molecule has 1 aliphatic carbocycles. The fraction of sp³-hybridized carbons (Fsp3) is 0.211. The molecule has 27 heavy (non-hydrogen) atoms. The largest absolute Gasteiger partial charge is 0.399 e. The highest BCUT2D eigenvalue weighted by Crippen LogP contribution is 2.29. The van der Waals surface area contributed by atoms with Crippen molar-refractivity contribution in [1.82, 2.24) is 15.0 Å². The molecule has 8 nitrogen and oxygen atoms in total. The van der Waals surface area contributed by atoms with Crippen LogP contribution in [0.5, 0.6) is 0 Å². The van der Waals surface area contributed by atoms with E-state index in [2.05, 4.69) is 30.9 Å². The number of nitrogen functional groups attached to an aromatic ring is 2. The third kappa shape index (κ3) is 4.75. The molecule has 3 aromatic rings. The Balaban J connectivity index is 1.59. The van der Waals surface area contributed by atoms with Crippen LogP contribution in [0.2, 0.25) is 0 Å². The molecule has 8 heteroatoms. The molecule has 1 fully saturated rings. The number of anilines is 7. The van der Waals surface area contributed by atoms with Crippen molar-refractivity contribution in [3.63, 3.8) is 0 Å². The molecule has 1 saturated carbocycles. The van der Waals surface area contributed by atoms with Crippen LogP contribution in [0, 0.1) is 5.92 Å². The van der Waals surface area contributed by atoms with Crippen LogP contribution in [0.3, 0.4) is 0 Å². The van der Waals surface area contributed by atoms with Gasteiger partial charge in [0.25, 0.3) is 0 Å². The van der Waals surface area contributed by atoms with Gasteiger partial charge in [-0.1, -0.05) is 12.1 Å². The minimum atomic E-state index is 0.431. The van der Waals surface area contributed by atoms with E-state index in [0.29, 0.717) is 35.1 Å². The molecule has 0 aliphatic heterocycles. The Labute approximate surface area is 157 Å². The summed E-state index contributed by atoms with van der Waals surface area (Å²) in [5, 5.41) is 9.65. The van der Waals surface area contributed by atoms with Gasteiger partial charge in [0.15, 0.2) is 0 Å². The fourth-order valence-electron chi connectivity index (χ4n) is 2.62. The van der Waals surface area contributed by atoms with Crippen LogP contribution in [-0.4, -0.2) is 21.5 Å². The molecule has 0 amide bonds. The molecule has 0 bridgehead atoms. The zero-order valence-corrected chi connectivity index (χ0v) is 14.8. The first kappa shape index (κ1) is 16.9. The van der Waals surface area contributed by atoms with E-state index in [1.54, 1.807) is 0 Å². The minimum Gasteiger partial charge on any atom is -0.399 e. The summed E-state index contributed by atoms with van der Waals surface area (Å²) in [4.78, 5) is 13.4. The van der Waals surface area contributed by atoms with Crippen LogP contribution in [0.25, 0.3) is 0 Å². The topological polar surface area (TPSA) is 127 Å². The van der Waals surface area contributed by atoms with Crippen LogP contribution in [0.1, 0.15) is 12.8 Å². The van der Waals surface area contributed by atoms with Crippen molar-refractivity contribution in [2.75, 3.05) is 34.0 Å². The van der Waals surface area contributed by atoms with E-state index in [4.69, 9.17) is 11.5 Å². The molecule has 1 heterocycles. The van der Waals surface area contributed by atoms with Crippen molar-refractivity contribution < 1.29 is 0 Å². The molecule has 0 saturated heterocycles. The lowest BCUT2D eigenvalue weighted by atomic mass is 10.3. The Morgan fingerprint density at radius 1 is 0.778 bits per heavy atom. The summed E-state index contributed by atoms with van der Waals surface area (Å²) in [6, 6.07) is 14.9. The van der Waals surface area contributed by atoms with Gasteiger partial charge in [-0.15, -0.1) is 0 Å². The SMILES string of the molecule is Nc1cccc(Nc2nc(NCC3CC3)nc(Nc3cccc(N)c3)n2)c1. The van der Waals surface area contributed by atoms with Gasteiger partial charge < -0.3 is 27.4 Å². The molecule has 1 aliphatic rings. The molecule has 0 radical (unpaired) electrons. The van der Waals surface area contributed by atoms with Gasteiger partial charge in [-0.25, -0.2) is 0 Å². The van der Waals surface area contributed by atoms with Gasteiger partial charge in [0, 0.05) is 29.3 Å². The summed E-state index contributed by atoms with van der Waals surface area (Å²) in [5.41, 5.74) is 14.6. The van der Waals surface area contributed by atoms with Gasteiger partial charge in [0.05, 0.1) is 0 Å². The maximum Gasteiger partial charge on any atom is 0.233 e. The Morgan fingerprint density at radius 2 is 1.30 bits per heavy atom. The van der Waals surface area contributed by atoms with Crippen LogP contribution in [0.15, 0.2) is 48.5 Å². The molecule has 0 atom stereocenters. The lowest BCUT2D eigenvalue weighted by Crippen LogP contribution is -2.11. The van der Waals surface area contributed by atoms with Crippen molar-refractivity contribution in [2.45, 2.75) is 12.8 Å². The Bertz CT molecular complexity index is 873. The van der Waals surface area contributed by atoms with Gasteiger partial charge in [-0.3, -0.25) is 0 Å². The van der Waals surface area contributed by atoms with E-state index >= 15 is 0 Å². The molecule has 0 spiro atoms. The number of benzene rings is 2. The second kappa shape index (κ2) is 7.36. The normalized spacial score (nSPS) is 13.2. The number of nitrogens with one attached hydrogen (secondary N) is 3. The number of hydrogen-bond acceptors (Lipinski definition) is 8. The van der Waals surface area contributed by atoms with E-state index in [-0.39, 0.29) is 0 Å². The highest BCUT2D eigenvalue weighted by atomic mass is 15.3. The summed E-state index contributed by atoms with van der Waals surface area (Å²) < 4.78 is 0. The van der Waals surface area contributed by atoms with Gasteiger partial charge in [0.1, 0.15) is 0 Å². The van der Waals surface area contributed by atoms with Crippen molar-refractivity contribution in [1.29, 1.82) is 0 Å². The molecule has 0 unspecified atom stereocenters. The van der Waals surface area contributed by atoms with Gasteiger partial charge in [0.2, 0.25) is 17.8 Å². The summed E-state index contributed by atoms with van der Waals surface area (Å²) in [5.74, 6) is 2.09. The monoisotopic (exact) mass is 362 g/mol. The second-order valence-corrected chi connectivity index (χ2v) is 6.63. The average molecular weight is 362 g/mol. The first-order chi connectivity index (χ1) is 13.1. The smallest absolute Gasteiger partial charge is 0.233 e. The van der Waals surface area contributed by atoms with Crippen molar-refractivity contribution in [2.24, 2.45) is 5.92 Å².